The number of aliphatic hydroxyl groups is 1. The van der Waals surface area contributed by atoms with Gasteiger partial charge >= 0.3 is 5.97 Å². The van der Waals surface area contributed by atoms with Gasteiger partial charge in [0, 0.05) is 6.61 Å². The first-order valence-corrected chi connectivity index (χ1v) is 6.13. The van der Waals surface area contributed by atoms with Gasteiger partial charge in [0.2, 0.25) is 0 Å². The van der Waals surface area contributed by atoms with Gasteiger partial charge in [0.05, 0.1) is 19.3 Å². The van der Waals surface area contributed by atoms with Crippen LogP contribution >= 0.6 is 0 Å². The molecular formula is C14H20O4. The van der Waals surface area contributed by atoms with Crippen molar-refractivity contribution in [1.82, 2.24) is 0 Å². The molecule has 1 unspecified atom stereocenters. The van der Waals surface area contributed by atoms with Gasteiger partial charge in [-0.1, -0.05) is 19.4 Å². The Morgan fingerprint density at radius 1 is 1.44 bits per heavy atom. The lowest BCUT2D eigenvalue weighted by atomic mass is 10.0. The standard InChI is InChI=1S/C14H20O4/c1-3-11(10-15)7-8-18-14(16)12-5-4-6-13(9-12)17-2/h4-6,9,11,15H,3,7-8,10H2,1-2H3. The summed E-state index contributed by atoms with van der Waals surface area (Å²) in [5.74, 6) is 0.469. The monoisotopic (exact) mass is 252 g/mol. The van der Waals surface area contributed by atoms with Gasteiger partial charge in [0.15, 0.2) is 0 Å². The van der Waals surface area contributed by atoms with E-state index in [4.69, 9.17) is 14.6 Å². The zero-order valence-electron chi connectivity index (χ0n) is 10.9. The molecule has 0 saturated carbocycles. The van der Waals surface area contributed by atoms with Gasteiger partial charge in [-0.05, 0) is 30.5 Å². The van der Waals surface area contributed by atoms with Gasteiger partial charge < -0.3 is 14.6 Å². The molecular weight excluding hydrogens is 232 g/mol. The van der Waals surface area contributed by atoms with Gasteiger partial charge in [-0.2, -0.15) is 0 Å². The molecule has 1 N–H and O–H groups in total. The number of benzene rings is 1. The highest BCUT2D eigenvalue weighted by Gasteiger charge is 2.10. The fourth-order valence-electron chi connectivity index (χ4n) is 1.58. The van der Waals surface area contributed by atoms with E-state index in [1.165, 1.54) is 0 Å². The van der Waals surface area contributed by atoms with Crippen molar-refractivity contribution >= 4 is 5.97 Å². The third kappa shape index (κ3) is 4.37. The maximum absolute atomic E-state index is 11.7. The molecule has 0 saturated heterocycles. The zero-order valence-corrected chi connectivity index (χ0v) is 10.9. The molecule has 18 heavy (non-hydrogen) atoms. The van der Waals surface area contributed by atoms with Crippen molar-refractivity contribution in [2.24, 2.45) is 5.92 Å². The van der Waals surface area contributed by atoms with Crippen molar-refractivity contribution in [3.8, 4) is 5.75 Å². The molecule has 1 aromatic rings. The van der Waals surface area contributed by atoms with E-state index < -0.39 is 0 Å². The van der Waals surface area contributed by atoms with Gasteiger partial charge in [-0.25, -0.2) is 4.79 Å². The summed E-state index contributed by atoms with van der Waals surface area (Å²) in [5, 5.41) is 9.02. The Balaban J connectivity index is 2.45. The number of hydrogen-bond acceptors (Lipinski definition) is 4. The second kappa shape index (κ2) is 7.71. The Bertz CT molecular complexity index is 372. The minimum atomic E-state index is -0.360. The average Bonchev–Trinajstić information content (AvgIpc) is 2.43. The van der Waals surface area contributed by atoms with Gasteiger partial charge in [0.1, 0.15) is 5.75 Å². The van der Waals surface area contributed by atoms with E-state index in [0.29, 0.717) is 24.3 Å². The average molecular weight is 252 g/mol. The maximum Gasteiger partial charge on any atom is 0.338 e. The molecule has 4 nitrogen and oxygen atoms in total. The minimum Gasteiger partial charge on any atom is -0.497 e. The summed E-state index contributed by atoms with van der Waals surface area (Å²) in [6, 6.07) is 6.85. The lowest BCUT2D eigenvalue weighted by Gasteiger charge is -2.11. The highest BCUT2D eigenvalue weighted by molar-refractivity contribution is 5.89. The molecule has 1 atom stereocenters. The van der Waals surface area contributed by atoms with Crippen LogP contribution in [-0.2, 0) is 4.74 Å². The van der Waals surface area contributed by atoms with Crippen LogP contribution in [0.2, 0.25) is 0 Å². The molecule has 0 bridgehead atoms. The Kier molecular flexibility index (Phi) is 6.22. The highest BCUT2D eigenvalue weighted by Crippen LogP contribution is 2.14. The lowest BCUT2D eigenvalue weighted by molar-refractivity contribution is 0.0465. The molecule has 0 fully saturated rings. The van der Waals surface area contributed by atoms with Crippen LogP contribution in [-0.4, -0.2) is 31.4 Å². The van der Waals surface area contributed by atoms with Crippen LogP contribution < -0.4 is 4.74 Å². The van der Waals surface area contributed by atoms with Crippen molar-refractivity contribution in [3.05, 3.63) is 29.8 Å². The summed E-state index contributed by atoms with van der Waals surface area (Å²) in [5.41, 5.74) is 0.478. The minimum absolute atomic E-state index is 0.132. The predicted molar refractivity (Wildman–Crippen MR) is 68.8 cm³/mol. The first-order chi connectivity index (χ1) is 8.71. The summed E-state index contributed by atoms with van der Waals surface area (Å²) in [6.45, 7) is 2.47. The quantitative estimate of drug-likeness (QED) is 0.756. The number of aliphatic hydroxyl groups excluding tert-OH is 1. The van der Waals surface area contributed by atoms with Crippen molar-refractivity contribution in [1.29, 1.82) is 0 Å². The van der Waals surface area contributed by atoms with E-state index in [-0.39, 0.29) is 18.5 Å². The third-order valence-corrected chi connectivity index (χ3v) is 2.90. The van der Waals surface area contributed by atoms with E-state index in [9.17, 15) is 4.79 Å². The fraction of sp³-hybridized carbons (Fsp3) is 0.500. The number of esters is 1. The molecule has 0 heterocycles. The molecule has 4 heteroatoms. The fourth-order valence-corrected chi connectivity index (χ4v) is 1.58. The molecule has 0 aliphatic rings. The number of ether oxygens (including phenoxy) is 2. The van der Waals surface area contributed by atoms with Crippen LogP contribution in [0.4, 0.5) is 0 Å². The van der Waals surface area contributed by atoms with Gasteiger partial charge in [-0.15, -0.1) is 0 Å². The van der Waals surface area contributed by atoms with Crippen LogP contribution in [0, 0.1) is 5.92 Å². The molecule has 1 aromatic carbocycles. The topological polar surface area (TPSA) is 55.8 Å². The van der Waals surface area contributed by atoms with Crippen molar-refractivity contribution < 1.29 is 19.4 Å². The first-order valence-electron chi connectivity index (χ1n) is 6.13. The van der Waals surface area contributed by atoms with Crippen LogP contribution in [0.3, 0.4) is 0 Å². The lowest BCUT2D eigenvalue weighted by Crippen LogP contribution is -2.12. The zero-order chi connectivity index (χ0) is 13.4. The maximum atomic E-state index is 11.7. The van der Waals surface area contributed by atoms with E-state index in [2.05, 4.69) is 0 Å². The predicted octanol–water partition coefficient (Wildman–Crippen LogP) is 2.26. The van der Waals surface area contributed by atoms with Gasteiger partial charge in [-0.3, -0.25) is 0 Å². The molecule has 0 aliphatic heterocycles. The summed E-state index contributed by atoms with van der Waals surface area (Å²) < 4.78 is 10.2. The number of carbonyl (C=O) groups excluding carboxylic acids is 1. The van der Waals surface area contributed by atoms with E-state index >= 15 is 0 Å². The van der Waals surface area contributed by atoms with Gasteiger partial charge in [0.25, 0.3) is 0 Å². The Hall–Kier alpha value is -1.55. The molecule has 100 valence electrons. The largest absolute Gasteiger partial charge is 0.497 e. The SMILES string of the molecule is CCC(CO)CCOC(=O)c1cccc(OC)c1. The Morgan fingerprint density at radius 2 is 2.22 bits per heavy atom. The summed E-state index contributed by atoms with van der Waals surface area (Å²) >= 11 is 0. The third-order valence-electron chi connectivity index (χ3n) is 2.90. The summed E-state index contributed by atoms with van der Waals surface area (Å²) in [4.78, 5) is 11.7. The van der Waals surface area contributed by atoms with Crippen LogP contribution in [0.25, 0.3) is 0 Å². The number of rotatable bonds is 7. The Morgan fingerprint density at radius 3 is 2.83 bits per heavy atom. The van der Waals surface area contributed by atoms with Crippen molar-refractivity contribution in [2.75, 3.05) is 20.3 Å². The highest BCUT2D eigenvalue weighted by atomic mass is 16.5. The van der Waals surface area contributed by atoms with E-state index in [0.717, 1.165) is 6.42 Å². The van der Waals surface area contributed by atoms with Crippen molar-refractivity contribution in [2.45, 2.75) is 19.8 Å². The molecule has 1 rings (SSSR count). The summed E-state index contributed by atoms with van der Waals surface area (Å²) in [7, 11) is 1.55. The first kappa shape index (κ1) is 14.5. The molecule has 0 aliphatic carbocycles. The number of carbonyl (C=O) groups is 1. The van der Waals surface area contributed by atoms with Crippen LogP contribution in [0.15, 0.2) is 24.3 Å². The second-order valence-electron chi connectivity index (χ2n) is 4.11. The molecule has 0 radical (unpaired) electrons. The summed E-state index contributed by atoms with van der Waals surface area (Å²) in [6.07, 6.45) is 1.57. The molecule has 0 amide bonds. The normalized spacial score (nSPS) is 11.9. The molecule has 0 aromatic heterocycles. The van der Waals surface area contributed by atoms with Crippen molar-refractivity contribution in [3.63, 3.8) is 0 Å². The van der Waals surface area contributed by atoms with Crippen LogP contribution in [0.1, 0.15) is 30.1 Å². The smallest absolute Gasteiger partial charge is 0.338 e. The Labute approximate surface area is 108 Å². The number of methoxy groups -OCH3 is 1. The van der Waals surface area contributed by atoms with E-state index in [1.807, 2.05) is 6.92 Å². The number of hydrogen-bond donors (Lipinski definition) is 1. The van der Waals surface area contributed by atoms with Crippen LogP contribution in [0.5, 0.6) is 5.75 Å². The van der Waals surface area contributed by atoms with E-state index in [1.54, 1.807) is 31.4 Å². The molecule has 0 spiro atoms. The second-order valence-corrected chi connectivity index (χ2v) is 4.11.